The number of carbonyl (C=O) groups excluding carboxylic acids is 3. The zero-order chi connectivity index (χ0) is 33.8. The number of anilines is 1. The Hall–Kier alpha value is -5.53. The van der Waals surface area contributed by atoms with Crippen LogP contribution in [0.3, 0.4) is 0 Å². The largest absolute Gasteiger partial charge is 0.351 e. The number of rotatable bonds is 2. The van der Waals surface area contributed by atoms with Gasteiger partial charge in [-0.25, -0.2) is 0 Å². The highest BCUT2D eigenvalue weighted by molar-refractivity contribution is 6.02. The van der Waals surface area contributed by atoms with Crippen LogP contribution >= 0.6 is 0 Å². The fourth-order valence-corrected chi connectivity index (χ4v) is 7.18. The van der Waals surface area contributed by atoms with E-state index in [-0.39, 0.29) is 24.1 Å². The van der Waals surface area contributed by atoms with Crippen LogP contribution in [0, 0.1) is 6.92 Å². The Morgan fingerprint density at radius 3 is 2.06 bits per heavy atom. The molecule has 3 aliphatic heterocycles. The van der Waals surface area contributed by atoms with Crippen LogP contribution < -0.4 is 20.9 Å². The van der Waals surface area contributed by atoms with Gasteiger partial charge in [0.2, 0.25) is 11.8 Å². The molecule has 1 atom stereocenters. The molecular weight excluding hydrogens is 608 g/mol. The number of aryl methyl sites for hydroxylation is 2. The Labute approximate surface area is 287 Å². The summed E-state index contributed by atoms with van der Waals surface area (Å²) in [6, 6.07) is 41.0. The van der Waals surface area contributed by atoms with Gasteiger partial charge in [-0.2, -0.15) is 0 Å². The molecule has 3 aliphatic rings. The lowest BCUT2D eigenvalue weighted by Gasteiger charge is -2.36. The molecule has 3 N–H and O–H groups in total. The van der Waals surface area contributed by atoms with Crippen molar-refractivity contribution in [1.82, 2.24) is 16.0 Å². The van der Waals surface area contributed by atoms with Gasteiger partial charge in [-0.3, -0.25) is 14.4 Å². The number of benzene rings is 5. The quantitative estimate of drug-likeness (QED) is 0.210. The number of amides is 3. The molecule has 0 saturated heterocycles. The summed E-state index contributed by atoms with van der Waals surface area (Å²) in [5.74, 6) is -0.533. The van der Waals surface area contributed by atoms with Gasteiger partial charge in [0, 0.05) is 24.3 Å². The normalized spacial score (nSPS) is 18.1. The van der Waals surface area contributed by atoms with Crippen LogP contribution in [-0.2, 0) is 28.1 Å². The fraction of sp³-hybridized carbons (Fsp3) is 0.214. The Morgan fingerprint density at radius 2 is 1.37 bits per heavy atom. The second kappa shape index (κ2) is 13.9. The summed E-state index contributed by atoms with van der Waals surface area (Å²) in [6.07, 6.45) is 1.21. The Balaban J connectivity index is 1.33. The first-order valence-electron chi connectivity index (χ1n) is 16.9. The predicted octanol–water partition coefficient (Wildman–Crippen LogP) is 6.29. The van der Waals surface area contributed by atoms with E-state index < -0.39 is 11.6 Å². The topological polar surface area (TPSA) is 90.5 Å². The van der Waals surface area contributed by atoms with Crippen LogP contribution in [0.5, 0.6) is 0 Å². The van der Waals surface area contributed by atoms with Crippen molar-refractivity contribution >= 4 is 23.4 Å². The average molecular weight is 649 g/mol. The van der Waals surface area contributed by atoms with Crippen LogP contribution in [0.25, 0.3) is 11.1 Å². The van der Waals surface area contributed by atoms with E-state index in [1.807, 2.05) is 121 Å². The van der Waals surface area contributed by atoms with E-state index >= 15 is 0 Å². The van der Waals surface area contributed by atoms with E-state index in [0.717, 1.165) is 44.6 Å². The van der Waals surface area contributed by atoms with Crippen LogP contribution in [0.2, 0.25) is 0 Å². The van der Waals surface area contributed by atoms with Crippen molar-refractivity contribution in [3.05, 3.63) is 161 Å². The van der Waals surface area contributed by atoms with E-state index in [4.69, 9.17) is 0 Å². The highest BCUT2D eigenvalue weighted by Gasteiger charge is 2.38. The first kappa shape index (κ1) is 32.0. The van der Waals surface area contributed by atoms with Gasteiger partial charge in [-0.1, -0.05) is 115 Å². The summed E-state index contributed by atoms with van der Waals surface area (Å²) in [7, 11) is 0. The second-order valence-corrected chi connectivity index (χ2v) is 13.0. The molecule has 3 amide bonds. The zero-order valence-electron chi connectivity index (χ0n) is 27.6. The number of nitrogens with zero attached hydrogens (tertiary/aromatic N) is 1. The minimum absolute atomic E-state index is 0.0504. The molecule has 5 aromatic rings. The molecule has 7 nitrogen and oxygen atoms in total. The molecule has 4 bridgehead atoms. The first-order valence-corrected chi connectivity index (χ1v) is 16.9. The monoisotopic (exact) mass is 648 g/mol. The lowest BCUT2D eigenvalue weighted by molar-refractivity contribution is -0.128. The Kier molecular flexibility index (Phi) is 9.09. The summed E-state index contributed by atoms with van der Waals surface area (Å²) >= 11 is 0. The summed E-state index contributed by atoms with van der Waals surface area (Å²) in [5, 5.41) is 9.95. The second-order valence-electron chi connectivity index (χ2n) is 13.0. The fourth-order valence-electron chi connectivity index (χ4n) is 7.18. The summed E-state index contributed by atoms with van der Waals surface area (Å²) in [5.41, 5.74) is 7.22. The van der Waals surface area contributed by atoms with Gasteiger partial charge < -0.3 is 20.9 Å². The molecule has 5 aromatic carbocycles. The maximum Gasteiger partial charge on any atom is 0.251 e. The van der Waals surface area contributed by atoms with Gasteiger partial charge in [-0.15, -0.1) is 0 Å². The maximum atomic E-state index is 14.5. The lowest BCUT2D eigenvalue weighted by atomic mass is 9.79. The smallest absolute Gasteiger partial charge is 0.251 e. The van der Waals surface area contributed by atoms with E-state index in [1.165, 1.54) is 0 Å². The Bertz CT molecular complexity index is 1940. The van der Waals surface area contributed by atoms with Gasteiger partial charge in [-0.05, 0) is 70.8 Å². The Morgan fingerprint density at radius 1 is 0.714 bits per heavy atom. The van der Waals surface area contributed by atoms with Crippen LogP contribution in [0.1, 0.15) is 51.0 Å². The first-order chi connectivity index (χ1) is 23.9. The zero-order valence-corrected chi connectivity index (χ0v) is 27.6. The molecule has 0 unspecified atom stereocenters. The van der Waals surface area contributed by atoms with E-state index in [2.05, 4.69) is 34.1 Å². The summed E-state index contributed by atoms with van der Waals surface area (Å²) in [4.78, 5) is 44.1. The van der Waals surface area contributed by atoms with E-state index in [1.54, 1.807) is 0 Å². The third-order valence-corrected chi connectivity index (χ3v) is 9.71. The minimum atomic E-state index is -0.926. The standard InChI is InChI=1S/C42H40N4O3/c1-29-16-19-32-22-23-37-41(49)46(38(32)26-29)28-30-17-20-31(21-18-30)35-14-8-9-15-36(35)40(48)43-24-25-44-42(27-39(47)45-37,33-10-4-2-5-11-33)34-12-6-3-7-13-34/h2-21,26,37,44H,22-25,27-28H2,1H3,(H,43,48)(H,45,47)/t37-/m1/s1. The third-order valence-electron chi connectivity index (χ3n) is 9.71. The van der Waals surface area contributed by atoms with Gasteiger partial charge in [0.1, 0.15) is 6.04 Å². The van der Waals surface area contributed by atoms with Crippen LogP contribution in [-0.4, -0.2) is 36.9 Å². The van der Waals surface area contributed by atoms with Gasteiger partial charge in [0.15, 0.2) is 0 Å². The summed E-state index contributed by atoms with van der Waals surface area (Å²) in [6.45, 7) is 3.11. The molecule has 49 heavy (non-hydrogen) atoms. The molecule has 0 radical (unpaired) electrons. The van der Waals surface area contributed by atoms with Crippen LogP contribution in [0.4, 0.5) is 5.69 Å². The van der Waals surface area contributed by atoms with Crippen molar-refractivity contribution in [3.8, 4) is 11.1 Å². The SMILES string of the molecule is Cc1ccc2c(c1)N1Cc3ccc(cc3)-c3ccccc3C(=O)NCCNC(c3ccccc3)(c3ccccc3)CC(=O)N[C@H](CC2)C1=O. The highest BCUT2D eigenvalue weighted by atomic mass is 16.2. The number of fused-ring (bicyclic) bond motifs is 11. The lowest BCUT2D eigenvalue weighted by Crippen LogP contribution is -2.52. The van der Waals surface area contributed by atoms with Crippen molar-refractivity contribution in [1.29, 1.82) is 0 Å². The molecule has 0 spiro atoms. The van der Waals surface area contributed by atoms with Crippen molar-refractivity contribution in [2.45, 2.75) is 44.3 Å². The van der Waals surface area contributed by atoms with Gasteiger partial charge in [0.05, 0.1) is 18.5 Å². The van der Waals surface area contributed by atoms with Crippen molar-refractivity contribution in [3.63, 3.8) is 0 Å². The predicted molar refractivity (Wildman–Crippen MR) is 193 cm³/mol. The average Bonchev–Trinajstić information content (AvgIpc) is 3.25. The number of carbonyl (C=O) groups is 3. The number of hydrogen-bond acceptors (Lipinski definition) is 4. The molecule has 0 fully saturated rings. The molecule has 0 aromatic heterocycles. The molecule has 0 saturated carbocycles. The summed E-state index contributed by atoms with van der Waals surface area (Å²) < 4.78 is 0. The molecule has 0 aliphatic carbocycles. The maximum absolute atomic E-state index is 14.5. The minimum Gasteiger partial charge on any atom is -0.351 e. The van der Waals surface area contributed by atoms with Gasteiger partial charge in [0.25, 0.3) is 5.91 Å². The highest BCUT2D eigenvalue weighted by Crippen LogP contribution is 2.35. The number of nitrogens with one attached hydrogen (secondary N) is 3. The number of hydrogen-bond donors (Lipinski definition) is 3. The third kappa shape index (κ3) is 6.62. The van der Waals surface area contributed by atoms with Gasteiger partial charge >= 0.3 is 0 Å². The van der Waals surface area contributed by atoms with Crippen molar-refractivity contribution < 1.29 is 14.4 Å². The van der Waals surface area contributed by atoms with E-state index in [9.17, 15) is 14.4 Å². The molecular formula is C42H40N4O3. The van der Waals surface area contributed by atoms with Crippen molar-refractivity contribution in [2.75, 3.05) is 18.0 Å². The van der Waals surface area contributed by atoms with Crippen molar-refractivity contribution in [2.24, 2.45) is 0 Å². The molecule has 3 heterocycles. The van der Waals surface area contributed by atoms with E-state index in [0.29, 0.717) is 38.0 Å². The van der Waals surface area contributed by atoms with Crippen LogP contribution in [0.15, 0.2) is 127 Å². The molecule has 7 heteroatoms. The molecule has 8 rings (SSSR count). The molecule has 246 valence electrons.